The summed E-state index contributed by atoms with van der Waals surface area (Å²) in [7, 11) is 0. The van der Waals surface area contributed by atoms with Crippen LogP contribution in [0.15, 0.2) is 34.8 Å². The SMILES string of the molecule is N#CC1=C(N)O[C@@H]2NN=C(C(F)(F)F)[C@H]2[C@H]1c1ccc(Cl)cc1Cl. The van der Waals surface area contributed by atoms with Crippen molar-refractivity contribution in [3.63, 3.8) is 0 Å². The fourth-order valence-corrected chi connectivity index (χ4v) is 3.40. The quantitative estimate of drug-likeness (QED) is 0.787. The fraction of sp³-hybridized carbons (Fsp3) is 0.286. The van der Waals surface area contributed by atoms with Crippen molar-refractivity contribution in [2.45, 2.75) is 18.3 Å². The van der Waals surface area contributed by atoms with E-state index in [4.69, 9.17) is 33.7 Å². The van der Waals surface area contributed by atoms with E-state index in [-0.39, 0.29) is 16.5 Å². The average molecular weight is 377 g/mol. The van der Waals surface area contributed by atoms with E-state index in [1.54, 1.807) is 0 Å². The lowest BCUT2D eigenvalue weighted by atomic mass is 9.76. The van der Waals surface area contributed by atoms with Gasteiger partial charge in [0, 0.05) is 16.0 Å². The molecule has 24 heavy (non-hydrogen) atoms. The highest BCUT2D eigenvalue weighted by Crippen LogP contribution is 2.46. The smallest absolute Gasteiger partial charge is 0.431 e. The molecule has 3 rings (SSSR count). The van der Waals surface area contributed by atoms with Crippen LogP contribution in [-0.2, 0) is 4.74 Å². The number of nitrogens with two attached hydrogens (primary N) is 1. The van der Waals surface area contributed by atoms with E-state index in [1.165, 1.54) is 18.2 Å². The molecular formula is C14H9Cl2F3N4O. The van der Waals surface area contributed by atoms with Crippen molar-refractivity contribution in [1.82, 2.24) is 5.43 Å². The summed E-state index contributed by atoms with van der Waals surface area (Å²) >= 11 is 12.0. The van der Waals surface area contributed by atoms with Crippen molar-refractivity contribution < 1.29 is 17.9 Å². The van der Waals surface area contributed by atoms with E-state index in [2.05, 4.69) is 10.5 Å². The van der Waals surface area contributed by atoms with Gasteiger partial charge in [0.2, 0.25) is 5.88 Å². The van der Waals surface area contributed by atoms with Crippen molar-refractivity contribution in [1.29, 1.82) is 5.26 Å². The van der Waals surface area contributed by atoms with E-state index in [9.17, 15) is 18.4 Å². The molecule has 0 fully saturated rings. The van der Waals surface area contributed by atoms with Gasteiger partial charge in [-0.25, -0.2) is 0 Å². The molecule has 0 unspecified atom stereocenters. The van der Waals surface area contributed by atoms with E-state index in [0.717, 1.165) is 0 Å². The molecular weight excluding hydrogens is 368 g/mol. The molecule has 5 nitrogen and oxygen atoms in total. The predicted molar refractivity (Wildman–Crippen MR) is 81.0 cm³/mol. The molecule has 1 aromatic carbocycles. The predicted octanol–water partition coefficient (Wildman–Crippen LogP) is 3.26. The molecule has 0 aromatic heterocycles. The summed E-state index contributed by atoms with van der Waals surface area (Å²) in [6.45, 7) is 0. The second-order valence-corrected chi connectivity index (χ2v) is 6.07. The van der Waals surface area contributed by atoms with Gasteiger partial charge in [0.1, 0.15) is 6.07 Å². The molecule has 1 aromatic rings. The van der Waals surface area contributed by atoms with Gasteiger partial charge in [0.25, 0.3) is 0 Å². The maximum absolute atomic E-state index is 13.3. The van der Waals surface area contributed by atoms with Crippen LogP contribution in [0.4, 0.5) is 13.2 Å². The maximum atomic E-state index is 13.3. The van der Waals surface area contributed by atoms with Gasteiger partial charge in [-0.15, -0.1) is 0 Å². The molecule has 0 radical (unpaired) electrons. The van der Waals surface area contributed by atoms with Gasteiger partial charge in [0.05, 0.1) is 11.5 Å². The Bertz CT molecular complexity index is 800. The number of ether oxygens (including phenoxy) is 1. The van der Waals surface area contributed by atoms with E-state index >= 15 is 0 Å². The lowest BCUT2D eigenvalue weighted by molar-refractivity contribution is -0.0661. The first-order valence-corrected chi connectivity index (χ1v) is 7.41. The lowest BCUT2D eigenvalue weighted by Crippen LogP contribution is -2.45. The van der Waals surface area contributed by atoms with Crippen LogP contribution in [0.3, 0.4) is 0 Å². The normalized spacial score (nSPS) is 26.2. The number of hydrazone groups is 1. The monoisotopic (exact) mass is 376 g/mol. The number of hydrogen-bond acceptors (Lipinski definition) is 5. The summed E-state index contributed by atoms with van der Waals surface area (Å²) in [5.74, 6) is -2.62. The van der Waals surface area contributed by atoms with Crippen molar-refractivity contribution in [2.24, 2.45) is 16.8 Å². The third kappa shape index (κ3) is 2.64. The summed E-state index contributed by atoms with van der Waals surface area (Å²) in [5, 5.41) is 13.1. The van der Waals surface area contributed by atoms with E-state index in [1.807, 2.05) is 6.07 Å². The largest absolute Gasteiger partial charge is 0.453 e. The van der Waals surface area contributed by atoms with Gasteiger partial charge in [-0.05, 0) is 17.7 Å². The summed E-state index contributed by atoms with van der Waals surface area (Å²) in [5.41, 5.74) is 7.05. The topological polar surface area (TPSA) is 83.4 Å². The first kappa shape index (κ1) is 16.7. The lowest BCUT2D eigenvalue weighted by Gasteiger charge is -2.34. The molecule has 2 aliphatic heterocycles. The minimum absolute atomic E-state index is 0.127. The second kappa shape index (κ2) is 5.76. The molecule has 10 heteroatoms. The zero-order valence-electron chi connectivity index (χ0n) is 11.7. The molecule has 0 saturated carbocycles. The minimum atomic E-state index is -4.69. The molecule has 3 N–H and O–H groups in total. The Morgan fingerprint density at radius 1 is 1.33 bits per heavy atom. The van der Waals surface area contributed by atoms with Crippen LogP contribution in [-0.4, -0.2) is 18.1 Å². The number of alkyl halides is 3. The molecule has 2 heterocycles. The van der Waals surface area contributed by atoms with Gasteiger partial charge < -0.3 is 10.5 Å². The highest BCUT2D eigenvalue weighted by atomic mass is 35.5. The molecule has 2 aliphatic rings. The molecule has 0 aliphatic carbocycles. The van der Waals surface area contributed by atoms with Crippen LogP contribution in [0.2, 0.25) is 10.0 Å². The van der Waals surface area contributed by atoms with Crippen LogP contribution in [0, 0.1) is 17.2 Å². The Balaban J connectivity index is 2.18. The van der Waals surface area contributed by atoms with Crippen molar-refractivity contribution in [2.75, 3.05) is 0 Å². The Morgan fingerprint density at radius 3 is 2.62 bits per heavy atom. The molecule has 0 bridgehead atoms. The maximum Gasteiger partial charge on any atom is 0.431 e. The standard InChI is InChI=1S/C14H9Cl2F3N4O/c15-5-1-2-6(8(16)3-5)9-7(4-20)12(21)24-13-10(9)11(22-23-13)14(17,18)19/h1-3,9-10,13,23H,21H2/t9-,10+,13-/m0/s1. The molecule has 0 saturated heterocycles. The number of nitrogens with one attached hydrogen (secondary N) is 1. The highest BCUT2D eigenvalue weighted by molar-refractivity contribution is 6.35. The summed E-state index contributed by atoms with van der Waals surface area (Å²) in [4.78, 5) is 0. The Morgan fingerprint density at radius 2 is 2.04 bits per heavy atom. The number of rotatable bonds is 1. The average Bonchev–Trinajstić information content (AvgIpc) is 2.89. The Labute approximate surface area is 144 Å². The third-order valence-corrected chi connectivity index (χ3v) is 4.41. The number of fused-ring (bicyclic) bond motifs is 1. The number of benzene rings is 1. The van der Waals surface area contributed by atoms with Crippen LogP contribution in [0.1, 0.15) is 11.5 Å². The second-order valence-electron chi connectivity index (χ2n) is 5.22. The van der Waals surface area contributed by atoms with E-state index < -0.39 is 30.0 Å². The minimum Gasteiger partial charge on any atom is -0.453 e. The zero-order chi connectivity index (χ0) is 17.6. The number of hydrogen-bond donors (Lipinski definition) is 2. The number of halogens is 5. The summed E-state index contributed by atoms with van der Waals surface area (Å²) < 4.78 is 45.1. The van der Waals surface area contributed by atoms with Gasteiger partial charge in [-0.3, -0.25) is 5.43 Å². The number of nitrogens with zero attached hydrogens (tertiary/aromatic N) is 2. The van der Waals surface area contributed by atoms with Gasteiger partial charge in [-0.2, -0.15) is 23.5 Å². The van der Waals surface area contributed by atoms with Gasteiger partial charge in [-0.1, -0.05) is 29.3 Å². The van der Waals surface area contributed by atoms with Crippen LogP contribution >= 0.6 is 23.2 Å². The zero-order valence-corrected chi connectivity index (χ0v) is 13.2. The molecule has 3 atom stereocenters. The van der Waals surface area contributed by atoms with E-state index in [0.29, 0.717) is 10.6 Å². The molecule has 0 spiro atoms. The van der Waals surface area contributed by atoms with Crippen molar-refractivity contribution >= 4 is 28.9 Å². The fourth-order valence-electron chi connectivity index (χ4n) is 2.88. The van der Waals surface area contributed by atoms with Crippen LogP contribution < -0.4 is 11.2 Å². The third-order valence-electron chi connectivity index (χ3n) is 3.85. The number of nitriles is 1. The summed E-state index contributed by atoms with van der Waals surface area (Å²) in [6, 6.07) is 6.15. The Hall–Kier alpha value is -2.11. The van der Waals surface area contributed by atoms with Gasteiger partial charge >= 0.3 is 6.18 Å². The first-order chi connectivity index (χ1) is 11.2. The van der Waals surface area contributed by atoms with Crippen LogP contribution in [0.25, 0.3) is 0 Å². The molecule has 0 amide bonds. The highest BCUT2D eigenvalue weighted by Gasteiger charge is 2.55. The summed E-state index contributed by atoms with van der Waals surface area (Å²) in [6.07, 6.45) is -5.84. The first-order valence-electron chi connectivity index (χ1n) is 6.65. The van der Waals surface area contributed by atoms with Crippen molar-refractivity contribution in [3.8, 4) is 6.07 Å². The van der Waals surface area contributed by atoms with Crippen LogP contribution in [0.5, 0.6) is 0 Å². The van der Waals surface area contributed by atoms with Gasteiger partial charge in [0.15, 0.2) is 11.9 Å². The van der Waals surface area contributed by atoms with Crippen molar-refractivity contribution in [3.05, 3.63) is 45.3 Å². The Kier molecular flexibility index (Phi) is 4.01. The number of allylic oxidation sites excluding steroid dienone is 1. The molecule has 126 valence electrons.